The number of carbonyl (C=O) groups excluding carboxylic acids is 1. The fourth-order valence-electron chi connectivity index (χ4n) is 2.51. The molecule has 0 aliphatic heterocycles. The SMILES string of the molecule is CCSc1cc(CCc2ccc(C)cc2C(=O)OC)c(F)cc1Cl. The van der Waals surface area contributed by atoms with Gasteiger partial charge in [-0.3, -0.25) is 0 Å². The number of benzene rings is 2. The number of rotatable bonds is 6. The van der Waals surface area contributed by atoms with Crippen molar-refractivity contribution >= 4 is 29.3 Å². The Balaban J connectivity index is 2.25. The molecular formula is C19H20ClFO2S. The van der Waals surface area contributed by atoms with E-state index in [1.54, 1.807) is 23.9 Å². The zero-order valence-corrected chi connectivity index (χ0v) is 15.6. The lowest BCUT2D eigenvalue weighted by Crippen LogP contribution is -2.07. The van der Waals surface area contributed by atoms with E-state index >= 15 is 0 Å². The molecule has 2 aromatic rings. The van der Waals surface area contributed by atoms with Crippen LogP contribution in [0.1, 0.15) is 34.0 Å². The number of aryl methyl sites for hydroxylation is 3. The van der Waals surface area contributed by atoms with E-state index < -0.39 is 0 Å². The second-order valence-corrected chi connectivity index (χ2v) is 7.17. The van der Waals surface area contributed by atoms with Gasteiger partial charge >= 0.3 is 5.97 Å². The van der Waals surface area contributed by atoms with Gasteiger partial charge in [-0.2, -0.15) is 0 Å². The van der Waals surface area contributed by atoms with Gasteiger partial charge in [0.1, 0.15) is 5.82 Å². The molecule has 0 unspecified atom stereocenters. The van der Waals surface area contributed by atoms with E-state index in [0.717, 1.165) is 21.8 Å². The van der Waals surface area contributed by atoms with Crippen LogP contribution in [-0.4, -0.2) is 18.8 Å². The molecule has 0 bridgehead atoms. The summed E-state index contributed by atoms with van der Waals surface area (Å²) in [5.74, 6) is 0.189. The molecule has 2 rings (SSSR count). The first kappa shape index (κ1) is 18.8. The van der Waals surface area contributed by atoms with Crippen molar-refractivity contribution in [1.82, 2.24) is 0 Å². The van der Waals surface area contributed by atoms with Crippen molar-refractivity contribution in [2.45, 2.75) is 31.6 Å². The lowest BCUT2D eigenvalue weighted by molar-refractivity contribution is 0.0599. The second-order valence-electron chi connectivity index (χ2n) is 5.46. The van der Waals surface area contributed by atoms with Gasteiger partial charge in [-0.25, -0.2) is 9.18 Å². The Morgan fingerprint density at radius 2 is 1.92 bits per heavy atom. The molecule has 0 aromatic heterocycles. The highest BCUT2D eigenvalue weighted by Crippen LogP contribution is 2.30. The summed E-state index contributed by atoms with van der Waals surface area (Å²) in [6.45, 7) is 3.95. The van der Waals surface area contributed by atoms with Crippen LogP contribution in [0.4, 0.5) is 4.39 Å². The van der Waals surface area contributed by atoms with Crippen LogP contribution in [-0.2, 0) is 17.6 Å². The molecule has 5 heteroatoms. The number of ether oxygens (including phenoxy) is 1. The van der Waals surface area contributed by atoms with E-state index in [2.05, 4.69) is 0 Å². The average Bonchev–Trinajstić information content (AvgIpc) is 2.56. The van der Waals surface area contributed by atoms with Crippen LogP contribution in [0.2, 0.25) is 5.02 Å². The van der Waals surface area contributed by atoms with Crippen molar-refractivity contribution in [2.75, 3.05) is 12.9 Å². The Morgan fingerprint density at radius 1 is 1.21 bits per heavy atom. The third-order valence-corrected chi connectivity index (χ3v) is 5.10. The van der Waals surface area contributed by atoms with E-state index in [4.69, 9.17) is 16.3 Å². The highest BCUT2D eigenvalue weighted by molar-refractivity contribution is 7.99. The lowest BCUT2D eigenvalue weighted by Gasteiger charge is -2.11. The van der Waals surface area contributed by atoms with Gasteiger partial charge in [0.25, 0.3) is 0 Å². The van der Waals surface area contributed by atoms with Crippen molar-refractivity contribution in [3.05, 3.63) is 63.4 Å². The van der Waals surface area contributed by atoms with E-state index in [9.17, 15) is 9.18 Å². The van der Waals surface area contributed by atoms with E-state index in [1.807, 2.05) is 26.0 Å². The molecule has 0 fully saturated rings. The standard InChI is InChI=1S/C19H20ClFO2S/c1-4-24-18-10-14(17(21)11-16(18)20)8-7-13-6-5-12(2)9-15(13)19(22)23-3/h5-6,9-11H,4,7-8H2,1-3H3. The first-order valence-corrected chi connectivity index (χ1v) is 9.11. The Bertz CT molecular complexity index is 746. The van der Waals surface area contributed by atoms with Crippen LogP contribution in [0.5, 0.6) is 0 Å². The van der Waals surface area contributed by atoms with E-state index in [-0.39, 0.29) is 11.8 Å². The summed E-state index contributed by atoms with van der Waals surface area (Å²) >= 11 is 7.67. The minimum absolute atomic E-state index is 0.313. The molecule has 0 spiro atoms. The molecule has 128 valence electrons. The van der Waals surface area contributed by atoms with Crippen molar-refractivity contribution in [3.8, 4) is 0 Å². The number of carbonyl (C=O) groups is 1. The zero-order chi connectivity index (χ0) is 17.7. The molecule has 0 saturated heterocycles. The first-order chi connectivity index (χ1) is 11.5. The van der Waals surface area contributed by atoms with Gasteiger partial charge in [-0.15, -0.1) is 11.8 Å². The number of esters is 1. The number of methoxy groups -OCH3 is 1. The molecule has 2 aromatic carbocycles. The molecule has 0 N–H and O–H groups in total. The Morgan fingerprint density at radius 3 is 2.58 bits per heavy atom. The summed E-state index contributed by atoms with van der Waals surface area (Å²) in [4.78, 5) is 12.8. The summed E-state index contributed by atoms with van der Waals surface area (Å²) in [5, 5.41) is 0.439. The van der Waals surface area contributed by atoms with Crippen LogP contribution in [0.25, 0.3) is 0 Å². The summed E-state index contributed by atoms with van der Waals surface area (Å²) < 4.78 is 19.0. The third kappa shape index (κ3) is 4.52. The maximum absolute atomic E-state index is 14.2. The van der Waals surface area contributed by atoms with Crippen LogP contribution in [0.3, 0.4) is 0 Å². The molecule has 0 radical (unpaired) electrons. The molecule has 0 saturated carbocycles. The van der Waals surface area contributed by atoms with Gasteiger partial charge < -0.3 is 4.74 Å². The van der Waals surface area contributed by atoms with Crippen LogP contribution in [0.15, 0.2) is 35.2 Å². The predicted octanol–water partition coefficient (Wildman–Crippen LogP) is 5.47. The number of hydrogen-bond donors (Lipinski definition) is 0. The topological polar surface area (TPSA) is 26.3 Å². The average molecular weight is 367 g/mol. The van der Waals surface area contributed by atoms with E-state index in [1.165, 1.54) is 13.2 Å². The highest BCUT2D eigenvalue weighted by Gasteiger charge is 2.14. The maximum atomic E-state index is 14.2. The minimum Gasteiger partial charge on any atom is -0.465 e. The Labute approximate surface area is 151 Å². The molecule has 2 nitrogen and oxygen atoms in total. The Kier molecular flexibility index (Phi) is 6.69. The molecule has 0 aliphatic rings. The van der Waals surface area contributed by atoms with Gasteiger partial charge in [0, 0.05) is 4.90 Å². The fraction of sp³-hybridized carbons (Fsp3) is 0.316. The second kappa shape index (κ2) is 8.54. The summed E-state index contributed by atoms with van der Waals surface area (Å²) in [6.07, 6.45) is 1.05. The van der Waals surface area contributed by atoms with Crippen LogP contribution < -0.4 is 0 Å². The highest BCUT2D eigenvalue weighted by atomic mass is 35.5. The molecule has 24 heavy (non-hydrogen) atoms. The molecule has 0 amide bonds. The van der Waals surface area contributed by atoms with Crippen LogP contribution in [0, 0.1) is 12.7 Å². The third-order valence-electron chi connectivity index (χ3n) is 3.74. The first-order valence-electron chi connectivity index (χ1n) is 7.74. The number of thioether (sulfide) groups is 1. The number of halogens is 2. The molecular weight excluding hydrogens is 347 g/mol. The van der Waals surface area contributed by atoms with Crippen molar-refractivity contribution in [1.29, 1.82) is 0 Å². The van der Waals surface area contributed by atoms with Gasteiger partial charge in [-0.1, -0.05) is 36.2 Å². The van der Waals surface area contributed by atoms with Crippen molar-refractivity contribution in [3.63, 3.8) is 0 Å². The van der Waals surface area contributed by atoms with Gasteiger partial charge in [0.05, 0.1) is 17.7 Å². The quantitative estimate of drug-likeness (QED) is 0.500. The normalized spacial score (nSPS) is 10.7. The summed E-state index contributed by atoms with van der Waals surface area (Å²) in [7, 11) is 1.36. The van der Waals surface area contributed by atoms with E-state index in [0.29, 0.717) is 29.0 Å². The Hall–Kier alpha value is -1.52. The van der Waals surface area contributed by atoms with Crippen molar-refractivity contribution < 1.29 is 13.9 Å². The van der Waals surface area contributed by atoms with Crippen LogP contribution >= 0.6 is 23.4 Å². The predicted molar refractivity (Wildman–Crippen MR) is 97.7 cm³/mol. The minimum atomic E-state index is -0.368. The van der Waals surface area contributed by atoms with Gasteiger partial charge in [0.15, 0.2) is 0 Å². The molecule has 0 heterocycles. The molecule has 0 aliphatic carbocycles. The summed E-state index contributed by atoms with van der Waals surface area (Å²) in [5.41, 5.74) is 2.98. The number of hydrogen-bond acceptors (Lipinski definition) is 3. The van der Waals surface area contributed by atoms with Crippen molar-refractivity contribution in [2.24, 2.45) is 0 Å². The zero-order valence-electron chi connectivity index (χ0n) is 14.0. The smallest absolute Gasteiger partial charge is 0.338 e. The fourth-order valence-corrected chi connectivity index (χ4v) is 3.55. The maximum Gasteiger partial charge on any atom is 0.338 e. The lowest BCUT2D eigenvalue weighted by atomic mass is 9.98. The van der Waals surface area contributed by atoms with Gasteiger partial charge in [0.2, 0.25) is 0 Å². The summed E-state index contributed by atoms with van der Waals surface area (Å²) in [6, 6.07) is 8.82. The van der Waals surface area contributed by atoms with Gasteiger partial charge in [-0.05, 0) is 54.8 Å². The largest absolute Gasteiger partial charge is 0.465 e. The monoisotopic (exact) mass is 366 g/mol. The molecule has 0 atom stereocenters.